The van der Waals surface area contributed by atoms with Gasteiger partial charge in [0.2, 0.25) is 11.8 Å². The predicted octanol–water partition coefficient (Wildman–Crippen LogP) is 4.94. The molecule has 8 rings (SSSR count). The molecule has 0 aliphatic carbocycles. The first-order chi connectivity index (χ1) is 26.8. The minimum Gasteiger partial charge on any atom is -0.870 e. The van der Waals surface area contributed by atoms with E-state index < -0.39 is 10.8 Å². The number of hydrogen-bond donors (Lipinski definition) is 3. The summed E-state index contributed by atoms with van der Waals surface area (Å²) in [6, 6.07) is 34.3. The van der Waals surface area contributed by atoms with Gasteiger partial charge >= 0.3 is 29.6 Å². The Hall–Kier alpha value is -4.25. The van der Waals surface area contributed by atoms with Crippen molar-refractivity contribution < 1.29 is 58.5 Å². The number of aromatic amines is 1. The smallest absolute Gasteiger partial charge is 0.870 e. The average molecular weight is 835 g/mol. The Kier molecular flexibility index (Phi) is 19.4. The molecule has 2 saturated heterocycles. The molecule has 4 aromatic carbocycles. The minimum atomic E-state index is -0.655. The fraction of sp³-hybridized carbons (Fsp3) is 0.256. The number of rotatable bonds is 9. The summed E-state index contributed by atoms with van der Waals surface area (Å²) in [7, 11) is 0. The van der Waals surface area contributed by atoms with Gasteiger partial charge in [0.1, 0.15) is 5.82 Å². The molecule has 6 N–H and O–H groups in total. The molecule has 0 saturated carbocycles. The van der Waals surface area contributed by atoms with Crippen molar-refractivity contribution in [2.45, 2.75) is 63.5 Å². The van der Waals surface area contributed by atoms with E-state index in [1.165, 1.54) is 23.9 Å². The van der Waals surface area contributed by atoms with Crippen LogP contribution in [0.15, 0.2) is 154 Å². The largest absolute Gasteiger partial charge is 1.00 e. The van der Waals surface area contributed by atoms with Gasteiger partial charge in [0.05, 0.1) is 16.5 Å². The molecule has 6 aromatic rings. The molecule has 300 valence electrons. The number of ether oxygens (including phenoxy) is 2. The molecule has 2 amide bonds. The van der Waals surface area contributed by atoms with E-state index in [1.807, 2.05) is 71.5 Å². The number of amides is 2. The van der Waals surface area contributed by atoms with Crippen LogP contribution in [0, 0.1) is 5.82 Å². The first kappa shape index (κ1) is 48.1. The van der Waals surface area contributed by atoms with Crippen molar-refractivity contribution in [3.8, 4) is 5.69 Å². The van der Waals surface area contributed by atoms with Crippen LogP contribution in [0.1, 0.15) is 44.2 Å². The van der Waals surface area contributed by atoms with E-state index in [2.05, 4.69) is 39.6 Å². The summed E-state index contributed by atoms with van der Waals surface area (Å²) in [6.45, 7) is 2.21. The second-order valence-electron chi connectivity index (χ2n) is 13.0. The van der Waals surface area contributed by atoms with E-state index in [9.17, 15) is 14.0 Å². The molecule has 11 nitrogen and oxygen atoms in total. The maximum atomic E-state index is 13.0. The summed E-state index contributed by atoms with van der Waals surface area (Å²) < 4.78 is 25.7. The van der Waals surface area contributed by atoms with Gasteiger partial charge in [0.15, 0.2) is 0 Å². The molecular weight excluding hydrogens is 787 g/mol. The van der Waals surface area contributed by atoms with Gasteiger partial charge in [0, 0.05) is 70.8 Å². The molecule has 2 aliphatic heterocycles. The number of benzene rings is 4. The van der Waals surface area contributed by atoms with Crippen LogP contribution in [0.5, 0.6) is 0 Å². The molecule has 0 atom stereocenters. The molecule has 2 aromatic heterocycles. The van der Waals surface area contributed by atoms with Gasteiger partial charge in [0.25, 0.3) is 0 Å². The zero-order valence-electron chi connectivity index (χ0n) is 31.6. The Morgan fingerprint density at radius 1 is 0.672 bits per heavy atom. The maximum Gasteiger partial charge on any atom is 1.00 e. The van der Waals surface area contributed by atoms with Crippen LogP contribution in [0.25, 0.3) is 5.69 Å². The number of nitrogens with one attached hydrogen (secondary N) is 1. The monoisotopic (exact) mass is 834 g/mol. The third kappa shape index (κ3) is 12.4. The number of nitrogens with zero attached hydrogens (tertiary/aromatic N) is 3. The number of hydrogen-bond acceptors (Lipinski definition) is 9. The fourth-order valence-electron chi connectivity index (χ4n) is 6.59. The van der Waals surface area contributed by atoms with Crippen LogP contribution >= 0.6 is 23.5 Å². The molecule has 15 heteroatoms. The molecular formula is C43H48FN6NaO5S2. The molecule has 0 bridgehead atoms. The number of halogens is 1. The van der Waals surface area contributed by atoms with Crippen LogP contribution < -0.4 is 41.0 Å². The van der Waals surface area contributed by atoms with Crippen molar-refractivity contribution in [1.29, 1.82) is 0 Å². The van der Waals surface area contributed by atoms with E-state index in [0.717, 1.165) is 36.4 Å². The average Bonchev–Trinajstić information content (AvgIpc) is 3.99. The summed E-state index contributed by atoms with van der Waals surface area (Å²) >= 11 is 3.20. The van der Waals surface area contributed by atoms with Crippen molar-refractivity contribution in [2.24, 2.45) is 11.5 Å². The van der Waals surface area contributed by atoms with Crippen molar-refractivity contribution >= 4 is 35.3 Å². The Balaban J connectivity index is 0.000000266. The van der Waals surface area contributed by atoms with Gasteiger partial charge in [-0.3, -0.25) is 14.7 Å². The summed E-state index contributed by atoms with van der Waals surface area (Å²) in [5, 5.41) is 10.5. The van der Waals surface area contributed by atoms with Gasteiger partial charge in [-0.1, -0.05) is 55.2 Å². The molecule has 4 heterocycles. The van der Waals surface area contributed by atoms with E-state index in [1.54, 1.807) is 42.5 Å². The van der Waals surface area contributed by atoms with Gasteiger partial charge in [-0.25, -0.2) is 9.07 Å². The van der Waals surface area contributed by atoms with Gasteiger partial charge < -0.3 is 26.4 Å². The van der Waals surface area contributed by atoms with Crippen LogP contribution in [-0.2, 0) is 29.9 Å². The van der Waals surface area contributed by atoms with Crippen molar-refractivity contribution in [1.82, 2.24) is 20.0 Å². The number of nitrogens with two attached hydrogens (primary N) is 2. The number of aromatic nitrogens is 4. The van der Waals surface area contributed by atoms with Crippen molar-refractivity contribution in [2.75, 3.05) is 26.4 Å². The summed E-state index contributed by atoms with van der Waals surface area (Å²) in [6.07, 6.45) is 9.62. The summed E-state index contributed by atoms with van der Waals surface area (Å²) in [4.78, 5) is 28.5. The zero-order valence-corrected chi connectivity index (χ0v) is 35.3. The summed E-state index contributed by atoms with van der Waals surface area (Å²) in [5.74, 6) is -0.820. The maximum absolute atomic E-state index is 13.0. The number of primary amides is 2. The molecule has 0 radical (unpaired) electrons. The second-order valence-corrected chi connectivity index (χ2v) is 15.3. The Labute approximate surface area is 369 Å². The van der Waals surface area contributed by atoms with E-state index in [-0.39, 0.29) is 60.1 Å². The zero-order chi connectivity index (χ0) is 38.5. The van der Waals surface area contributed by atoms with Crippen molar-refractivity contribution in [3.05, 3.63) is 151 Å². The molecule has 2 fully saturated rings. The van der Waals surface area contributed by atoms with Crippen LogP contribution in [0.4, 0.5) is 4.39 Å². The first-order valence-electron chi connectivity index (χ1n) is 17.9. The molecule has 2 aliphatic rings. The Bertz CT molecular complexity index is 2100. The van der Waals surface area contributed by atoms with Crippen LogP contribution in [-0.4, -0.2) is 63.7 Å². The number of carbonyl (C=O) groups is 2. The fourth-order valence-corrected chi connectivity index (χ4v) is 8.34. The van der Waals surface area contributed by atoms with Gasteiger partial charge in [-0.15, -0.1) is 0 Å². The van der Waals surface area contributed by atoms with E-state index in [0.29, 0.717) is 52.1 Å². The SMILES string of the molecule is C.NC(=O)C1(c2cccc(Sc3ccc(-n4cccn4)cc3)c2)CCOCC1.NC(=O)C1(c2cccc(Sc3ccc(F)cc3)c2)CCOCC1.[Na+].[OH-].c1cn[nH]c1. The number of carbonyl (C=O) groups excluding carboxylic acids is 2. The third-order valence-electron chi connectivity index (χ3n) is 9.71. The van der Waals surface area contributed by atoms with Gasteiger partial charge in [-0.05, 0) is 122 Å². The summed E-state index contributed by atoms with van der Waals surface area (Å²) in [5.41, 5.74) is 13.2. The Morgan fingerprint density at radius 2 is 1.16 bits per heavy atom. The first-order valence-corrected chi connectivity index (χ1v) is 19.5. The number of H-pyrrole nitrogens is 1. The van der Waals surface area contributed by atoms with Crippen molar-refractivity contribution in [3.63, 3.8) is 0 Å². The minimum absolute atomic E-state index is 0. The quantitative estimate of drug-likeness (QED) is 0.170. The van der Waals surface area contributed by atoms with Gasteiger partial charge in [-0.2, -0.15) is 10.2 Å². The third-order valence-corrected chi connectivity index (χ3v) is 11.7. The van der Waals surface area contributed by atoms with E-state index in [4.69, 9.17) is 20.9 Å². The normalized spacial score (nSPS) is 14.9. The van der Waals surface area contributed by atoms with E-state index >= 15 is 0 Å². The Morgan fingerprint density at radius 3 is 1.53 bits per heavy atom. The predicted molar refractivity (Wildman–Crippen MR) is 220 cm³/mol. The van der Waals surface area contributed by atoms with Crippen LogP contribution in [0.3, 0.4) is 0 Å². The molecule has 0 unspecified atom stereocenters. The van der Waals surface area contributed by atoms with Crippen LogP contribution in [0.2, 0.25) is 0 Å². The molecule has 58 heavy (non-hydrogen) atoms. The topological polar surface area (TPSA) is 181 Å². The molecule has 0 spiro atoms. The standard InChI is InChI=1S/C21H21N3O2S.C18H18FNO2S.C3H4N2.CH4.Na.H2O/c22-20(25)21(9-13-26-14-10-21)16-3-1-4-19(15-16)27-18-7-5-17(6-8-18)24-12-2-11-23-24;19-14-4-6-15(7-5-14)23-16-3-1-2-13(12-16)18(17(20)21)8-10-22-11-9-18;1-2-4-5-3-1;;;/h1-8,11-12,15H,9-10,13-14H2,(H2,22,25);1-7,12H,8-11H2,(H2,20,21);1-3H,(H,4,5);1H4;;1H2/q;;;;+1;/p-1. The second kappa shape index (κ2) is 23.4.